The van der Waals surface area contributed by atoms with Gasteiger partial charge in [-0.25, -0.2) is 4.98 Å². The van der Waals surface area contributed by atoms with E-state index in [0.29, 0.717) is 5.56 Å². The van der Waals surface area contributed by atoms with Crippen LogP contribution in [-0.4, -0.2) is 16.0 Å². The smallest absolute Gasteiger partial charge is 0.256 e. The molecular formula is C15H13ClN2O2. The third-order valence-corrected chi connectivity index (χ3v) is 3.46. The summed E-state index contributed by atoms with van der Waals surface area (Å²) in [5, 5.41) is -0.788. The Bertz CT molecular complexity index is 711. The fourth-order valence-electron chi connectivity index (χ4n) is 2.02. The molecule has 0 radical (unpaired) electrons. The highest BCUT2D eigenvalue weighted by Gasteiger charge is 2.21. The fraction of sp³-hybridized carbons (Fsp3) is 0.133. The number of aromatic nitrogens is 1. The molecule has 0 spiro atoms. The molecule has 20 heavy (non-hydrogen) atoms. The van der Waals surface area contributed by atoms with E-state index in [2.05, 4.69) is 4.98 Å². The van der Waals surface area contributed by atoms with Crippen molar-refractivity contribution < 1.29 is 9.59 Å². The van der Waals surface area contributed by atoms with Gasteiger partial charge in [-0.05, 0) is 42.6 Å². The third-order valence-electron chi connectivity index (χ3n) is 3.27. The number of nitrogens with two attached hydrogens (primary N) is 1. The lowest BCUT2D eigenvalue weighted by Gasteiger charge is -2.10. The SMILES string of the molecule is Cc1cccc(C(=O)c2ccnc(N)c2C(=O)Cl)c1C. The second-order valence-corrected chi connectivity index (χ2v) is 4.81. The van der Waals surface area contributed by atoms with E-state index >= 15 is 0 Å². The third kappa shape index (κ3) is 2.42. The van der Waals surface area contributed by atoms with Crippen LogP contribution in [0.3, 0.4) is 0 Å². The first-order valence-corrected chi connectivity index (χ1v) is 6.36. The number of pyridine rings is 1. The van der Waals surface area contributed by atoms with E-state index in [9.17, 15) is 9.59 Å². The maximum Gasteiger partial charge on any atom is 0.256 e. The van der Waals surface area contributed by atoms with Crippen LogP contribution >= 0.6 is 11.6 Å². The molecule has 0 aliphatic rings. The zero-order valence-electron chi connectivity index (χ0n) is 11.1. The molecule has 0 aliphatic heterocycles. The van der Waals surface area contributed by atoms with Crippen LogP contribution in [0, 0.1) is 13.8 Å². The van der Waals surface area contributed by atoms with Crippen LogP contribution in [0.2, 0.25) is 0 Å². The highest BCUT2D eigenvalue weighted by Crippen LogP contribution is 2.23. The molecule has 0 aliphatic carbocycles. The number of ketones is 1. The molecule has 102 valence electrons. The Morgan fingerprint density at radius 2 is 1.85 bits per heavy atom. The summed E-state index contributed by atoms with van der Waals surface area (Å²) in [5.74, 6) is -0.328. The molecule has 4 nitrogen and oxygen atoms in total. The number of nitrogens with zero attached hydrogens (tertiary/aromatic N) is 1. The minimum atomic E-state index is -0.788. The minimum absolute atomic E-state index is 0.0406. The summed E-state index contributed by atoms with van der Waals surface area (Å²) in [6.45, 7) is 3.77. The number of benzene rings is 1. The number of nitrogen functional groups attached to an aromatic ring is 1. The Labute approximate surface area is 121 Å². The number of hydrogen-bond acceptors (Lipinski definition) is 4. The number of halogens is 1. The summed E-state index contributed by atoms with van der Waals surface area (Å²) in [4.78, 5) is 27.9. The van der Waals surface area contributed by atoms with E-state index in [1.54, 1.807) is 12.1 Å². The van der Waals surface area contributed by atoms with Crippen LogP contribution in [0.25, 0.3) is 0 Å². The van der Waals surface area contributed by atoms with Crippen LogP contribution in [0.15, 0.2) is 30.5 Å². The highest BCUT2D eigenvalue weighted by molar-refractivity contribution is 6.68. The molecule has 0 fully saturated rings. The molecule has 1 aromatic heterocycles. The highest BCUT2D eigenvalue weighted by atomic mass is 35.5. The van der Waals surface area contributed by atoms with Gasteiger partial charge in [0, 0.05) is 17.3 Å². The number of anilines is 1. The van der Waals surface area contributed by atoms with Gasteiger partial charge in [0.15, 0.2) is 5.78 Å². The lowest BCUT2D eigenvalue weighted by molar-refractivity contribution is 0.102. The Hall–Kier alpha value is -2.20. The van der Waals surface area contributed by atoms with Crippen molar-refractivity contribution in [3.8, 4) is 0 Å². The lowest BCUT2D eigenvalue weighted by Crippen LogP contribution is -2.12. The first-order valence-electron chi connectivity index (χ1n) is 5.98. The Morgan fingerprint density at radius 3 is 2.50 bits per heavy atom. The maximum absolute atomic E-state index is 12.6. The molecule has 1 heterocycles. The Kier molecular flexibility index (Phi) is 3.86. The number of hydrogen-bond donors (Lipinski definition) is 1. The molecular weight excluding hydrogens is 276 g/mol. The maximum atomic E-state index is 12.6. The van der Waals surface area contributed by atoms with E-state index in [4.69, 9.17) is 17.3 Å². The van der Waals surface area contributed by atoms with Gasteiger partial charge in [0.1, 0.15) is 5.82 Å². The van der Waals surface area contributed by atoms with Crippen molar-refractivity contribution in [2.24, 2.45) is 0 Å². The predicted molar refractivity (Wildman–Crippen MR) is 78.2 cm³/mol. The Morgan fingerprint density at radius 1 is 1.15 bits per heavy atom. The van der Waals surface area contributed by atoms with E-state index < -0.39 is 5.24 Å². The second kappa shape index (κ2) is 5.43. The molecule has 0 unspecified atom stereocenters. The molecule has 2 N–H and O–H groups in total. The van der Waals surface area contributed by atoms with Crippen molar-refractivity contribution in [1.29, 1.82) is 0 Å². The summed E-state index contributed by atoms with van der Waals surface area (Å²) in [6, 6.07) is 6.88. The van der Waals surface area contributed by atoms with Gasteiger partial charge in [0.25, 0.3) is 5.24 Å². The zero-order chi connectivity index (χ0) is 14.9. The van der Waals surface area contributed by atoms with E-state index in [0.717, 1.165) is 11.1 Å². The van der Waals surface area contributed by atoms with Crippen LogP contribution in [0.1, 0.15) is 37.4 Å². The van der Waals surface area contributed by atoms with Crippen LogP contribution < -0.4 is 5.73 Å². The van der Waals surface area contributed by atoms with Crippen molar-refractivity contribution in [2.45, 2.75) is 13.8 Å². The molecule has 5 heteroatoms. The fourth-order valence-corrected chi connectivity index (χ4v) is 2.21. The van der Waals surface area contributed by atoms with Gasteiger partial charge in [0.05, 0.1) is 5.56 Å². The summed E-state index contributed by atoms with van der Waals surface area (Å²) in [7, 11) is 0. The molecule has 0 saturated heterocycles. The van der Waals surface area contributed by atoms with E-state index in [1.807, 2.05) is 19.9 Å². The quantitative estimate of drug-likeness (QED) is 0.696. The lowest BCUT2D eigenvalue weighted by atomic mass is 9.94. The monoisotopic (exact) mass is 288 g/mol. The molecule has 0 bridgehead atoms. The van der Waals surface area contributed by atoms with Crippen LogP contribution in [0.4, 0.5) is 5.82 Å². The van der Waals surface area contributed by atoms with Gasteiger partial charge < -0.3 is 5.73 Å². The van der Waals surface area contributed by atoms with Crippen molar-refractivity contribution >= 4 is 28.4 Å². The molecule has 0 atom stereocenters. The van der Waals surface area contributed by atoms with Crippen LogP contribution in [0.5, 0.6) is 0 Å². The molecule has 0 amide bonds. The second-order valence-electron chi connectivity index (χ2n) is 4.47. The van der Waals surface area contributed by atoms with Crippen LogP contribution in [-0.2, 0) is 0 Å². The van der Waals surface area contributed by atoms with Gasteiger partial charge >= 0.3 is 0 Å². The number of rotatable bonds is 3. The number of carbonyl (C=O) groups excluding carboxylic acids is 2. The number of carbonyl (C=O) groups is 2. The van der Waals surface area contributed by atoms with Crippen molar-refractivity contribution in [3.05, 3.63) is 58.3 Å². The molecule has 1 aromatic carbocycles. The summed E-state index contributed by atoms with van der Waals surface area (Å²) >= 11 is 5.51. The van der Waals surface area contributed by atoms with Crippen molar-refractivity contribution in [3.63, 3.8) is 0 Å². The largest absolute Gasteiger partial charge is 0.383 e. The number of aryl methyl sites for hydroxylation is 1. The van der Waals surface area contributed by atoms with E-state index in [1.165, 1.54) is 12.3 Å². The van der Waals surface area contributed by atoms with E-state index in [-0.39, 0.29) is 22.7 Å². The summed E-state index contributed by atoms with van der Waals surface area (Å²) < 4.78 is 0. The van der Waals surface area contributed by atoms with Crippen molar-refractivity contribution in [1.82, 2.24) is 4.98 Å². The van der Waals surface area contributed by atoms with Gasteiger partial charge in [-0.1, -0.05) is 18.2 Å². The Balaban J connectivity index is 2.63. The summed E-state index contributed by atoms with van der Waals surface area (Å²) in [5.41, 5.74) is 8.15. The first-order chi connectivity index (χ1) is 9.43. The van der Waals surface area contributed by atoms with Crippen molar-refractivity contribution in [2.75, 3.05) is 5.73 Å². The molecule has 2 aromatic rings. The normalized spacial score (nSPS) is 10.3. The molecule has 0 saturated carbocycles. The standard InChI is InChI=1S/C15H13ClN2O2/c1-8-4-3-5-10(9(8)2)13(19)11-6-7-18-15(17)12(11)14(16)20/h3-7H,1-2H3,(H2,17,18). The minimum Gasteiger partial charge on any atom is -0.383 e. The summed E-state index contributed by atoms with van der Waals surface area (Å²) in [6.07, 6.45) is 1.39. The first kappa shape index (κ1) is 14.2. The van der Waals surface area contributed by atoms with Gasteiger partial charge in [-0.3, -0.25) is 9.59 Å². The van der Waals surface area contributed by atoms with Gasteiger partial charge in [0.2, 0.25) is 0 Å². The topological polar surface area (TPSA) is 73.1 Å². The predicted octanol–water partition coefficient (Wildman–Crippen LogP) is 2.89. The average Bonchev–Trinajstić information content (AvgIpc) is 2.40. The van der Waals surface area contributed by atoms with Gasteiger partial charge in [-0.15, -0.1) is 0 Å². The molecule has 2 rings (SSSR count). The van der Waals surface area contributed by atoms with Gasteiger partial charge in [-0.2, -0.15) is 0 Å². The zero-order valence-corrected chi connectivity index (χ0v) is 11.9. The average molecular weight is 289 g/mol.